The summed E-state index contributed by atoms with van der Waals surface area (Å²) in [7, 11) is 0. The van der Waals surface area contributed by atoms with Crippen LogP contribution in [0.4, 0.5) is 0 Å². The van der Waals surface area contributed by atoms with Crippen molar-refractivity contribution in [3.05, 3.63) is 23.8 Å². The highest BCUT2D eigenvalue weighted by molar-refractivity contribution is 7.99. The Labute approximate surface area is 127 Å². The number of rotatable bonds is 10. The summed E-state index contributed by atoms with van der Waals surface area (Å²) >= 11 is 1.88. The first-order valence-electron chi connectivity index (χ1n) is 7.39. The van der Waals surface area contributed by atoms with Crippen molar-refractivity contribution in [2.75, 3.05) is 24.7 Å². The number of hydrogen-bond acceptors (Lipinski definition) is 4. The van der Waals surface area contributed by atoms with Gasteiger partial charge >= 0.3 is 0 Å². The quantitative estimate of drug-likeness (QED) is 0.671. The zero-order chi connectivity index (χ0) is 14.8. The van der Waals surface area contributed by atoms with Crippen molar-refractivity contribution in [1.82, 2.24) is 0 Å². The fourth-order valence-electron chi connectivity index (χ4n) is 1.85. The van der Waals surface area contributed by atoms with E-state index >= 15 is 0 Å². The van der Waals surface area contributed by atoms with E-state index in [4.69, 9.17) is 15.2 Å². The molecule has 1 atom stereocenters. The van der Waals surface area contributed by atoms with E-state index in [1.165, 1.54) is 0 Å². The van der Waals surface area contributed by atoms with E-state index in [2.05, 4.69) is 19.9 Å². The Kier molecular flexibility index (Phi) is 8.54. The molecule has 0 bridgehead atoms. The standard InChI is InChI=1S/C16H27NO2S/c1-4-8-18-15-7-6-14(11-13(3)17)16(12-15)19-9-10-20-5-2/h6-7,12-13H,4-5,8-11,17H2,1-3H3. The molecular weight excluding hydrogens is 270 g/mol. The third-order valence-electron chi connectivity index (χ3n) is 2.74. The second kappa shape index (κ2) is 9.94. The zero-order valence-corrected chi connectivity index (χ0v) is 13.7. The molecule has 1 aromatic carbocycles. The molecule has 0 heterocycles. The molecule has 0 fully saturated rings. The lowest BCUT2D eigenvalue weighted by Crippen LogP contribution is -2.18. The van der Waals surface area contributed by atoms with Crippen LogP contribution in [0.15, 0.2) is 18.2 Å². The van der Waals surface area contributed by atoms with Gasteiger partial charge in [-0.15, -0.1) is 0 Å². The van der Waals surface area contributed by atoms with Gasteiger partial charge in [-0.1, -0.05) is 19.9 Å². The van der Waals surface area contributed by atoms with Crippen LogP contribution in [-0.2, 0) is 6.42 Å². The summed E-state index contributed by atoms with van der Waals surface area (Å²) in [6.45, 7) is 7.73. The molecular formula is C16H27NO2S. The van der Waals surface area contributed by atoms with Crippen molar-refractivity contribution < 1.29 is 9.47 Å². The minimum Gasteiger partial charge on any atom is -0.493 e. The molecule has 2 N–H and O–H groups in total. The second-order valence-corrected chi connectivity index (χ2v) is 6.24. The van der Waals surface area contributed by atoms with Gasteiger partial charge < -0.3 is 15.2 Å². The molecule has 0 aliphatic carbocycles. The van der Waals surface area contributed by atoms with Crippen LogP contribution in [0, 0.1) is 0 Å². The van der Waals surface area contributed by atoms with Gasteiger partial charge in [0.1, 0.15) is 11.5 Å². The number of nitrogens with two attached hydrogens (primary N) is 1. The van der Waals surface area contributed by atoms with Gasteiger partial charge in [0.2, 0.25) is 0 Å². The Hall–Kier alpha value is -0.870. The minimum absolute atomic E-state index is 0.129. The Morgan fingerprint density at radius 3 is 2.65 bits per heavy atom. The predicted octanol–water partition coefficient (Wildman–Crippen LogP) is 3.50. The van der Waals surface area contributed by atoms with Gasteiger partial charge in [0.25, 0.3) is 0 Å². The van der Waals surface area contributed by atoms with Crippen LogP contribution in [0.2, 0.25) is 0 Å². The van der Waals surface area contributed by atoms with Crippen molar-refractivity contribution in [2.24, 2.45) is 5.73 Å². The first kappa shape index (κ1) is 17.2. The molecule has 0 spiro atoms. The maximum absolute atomic E-state index is 5.90. The summed E-state index contributed by atoms with van der Waals surface area (Å²) < 4.78 is 11.6. The highest BCUT2D eigenvalue weighted by atomic mass is 32.2. The molecule has 0 saturated heterocycles. The Morgan fingerprint density at radius 1 is 1.20 bits per heavy atom. The van der Waals surface area contributed by atoms with Crippen molar-refractivity contribution in [1.29, 1.82) is 0 Å². The average molecular weight is 297 g/mol. The van der Waals surface area contributed by atoms with E-state index in [0.29, 0.717) is 0 Å². The van der Waals surface area contributed by atoms with Crippen molar-refractivity contribution in [3.8, 4) is 11.5 Å². The van der Waals surface area contributed by atoms with Crippen LogP contribution in [0.25, 0.3) is 0 Å². The molecule has 114 valence electrons. The predicted molar refractivity (Wildman–Crippen MR) is 88.1 cm³/mol. The average Bonchev–Trinajstić information content (AvgIpc) is 2.43. The van der Waals surface area contributed by atoms with Gasteiger partial charge in [-0.25, -0.2) is 0 Å². The largest absolute Gasteiger partial charge is 0.493 e. The van der Waals surface area contributed by atoms with E-state index < -0.39 is 0 Å². The normalized spacial score (nSPS) is 12.2. The summed E-state index contributed by atoms with van der Waals surface area (Å²) in [6, 6.07) is 6.19. The maximum Gasteiger partial charge on any atom is 0.126 e. The first-order chi connectivity index (χ1) is 9.67. The number of thioether (sulfide) groups is 1. The highest BCUT2D eigenvalue weighted by Crippen LogP contribution is 2.26. The molecule has 1 unspecified atom stereocenters. The highest BCUT2D eigenvalue weighted by Gasteiger charge is 2.08. The van der Waals surface area contributed by atoms with Crippen LogP contribution in [0.1, 0.15) is 32.8 Å². The summed E-state index contributed by atoms with van der Waals surface area (Å²) in [6.07, 6.45) is 1.83. The molecule has 0 aliphatic rings. The molecule has 0 amide bonds. The van der Waals surface area contributed by atoms with Crippen LogP contribution in [0.3, 0.4) is 0 Å². The van der Waals surface area contributed by atoms with Crippen molar-refractivity contribution in [2.45, 2.75) is 39.7 Å². The minimum atomic E-state index is 0.129. The lowest BCUT2D eigenvalue weighted by molar-refractivity contribution is 0.308. The van der Waals surface area contributed by atoms with E-state index in [9.17, 15) is 0 Å². The van der Waals surface area contributed by atoms with E-state index in [1.807, 2.05) is 30.8 Å². The molecule has 4 heteroatoms. The van der Waals surface area contributed by atoms with E-state index in [1.54, 1.807) is 0 Å². The monoisotopic (exact) mass is 297 g/mol. The summed E-state index contributed by atoms with van der Waals surface area (Å²) in [4.78, 5) is 0. The van der Waals surface area contributed by atoms with E-state index in [-0.39, 0.29) is 6.04 Å². The third-order valence-corrected chi connectivity index (χ3v) is 3.61. The number of benzene rings is 1. The topological polar surface area (TPSA) is 44.5 Å². The number of hydrogen-bond donors (Lipinski definition) is 1. The molecule has 0 radical (unpaired) electrons. The van der Waals surface area contributed by atoms with Crippen molar-refractivity contribution in [3.63, 3.8) is 0 Å². The SMILES string of the molecule is CCCOc1ccc(CC(C)N)c(OCCSCC)c1. The molecule has 20 heavy (non-hydrogen) atoms. The lowest BCUT2D eigenvalue weighted by Gasteiger charge is -2.15. The van der Waals surface area contributed by atoms with Gasteiger partial charge in [-0.05, 0) is 37.1 Å². The van der Waals surface area contributed by atoms with Gasteiger partial charge in [0, 0.05) is 17.9 Å². The van der Waals surface area contributed by atoms with Gasteiger partial charge in [-0.3, -0.25) is 0 Å². The third kappa shape index (κ3) is 6.53. The van der Waals surface area contributed by atoms with Crippen LogP contribution < -0.4 is 15.2 Å². The molecule has 0 saturated carbocycles. The fourth-order valence-corrected chi connectivity index (χ4v) is 2.34. The summed E-state index contributed by atoms with van der Waals surface area (Å²) in [5.74, 6) is 3.91. The molecule has 0 aliphatic heterocycles. The van der Waals surface area contributed by atoms with Crippen LogP contribution >= 0.6 is 11.8 Å². The smallest absolute Gasteiger partial charge is 0.126 e. The van der Waals surface area contributed by atoms with Gasteiger partial charge in [-0.2, -0.15) is 11.8 Å². The molecule has 1 rings (SSSR count). The molecule has 1 aromatic rings. The number of ether oxygens (including phenoxy) is 2. The molecule has 3 nitrogen and oxygen atoms in total. The maximum atomic E-state index is 5.90. The lowest BCUT2D eigenvalue weighted by atomic mass is 10.1. The van der Waals surface area contributed by atoms with Crippen molar-refractivity contribution >= 4 is 11.8 Å². The Balaban J connectivity index is 2.71. The molecule has 0 aromatic heterocycles. The first-order valence-corrected chi connectivity index (χ1v) is 8.54. The Bertz CT molecular complexity index is 383. The zero-order valence-electron chi connectivity index (χ0n) is 12.9. The van der Waals surface area contributed by atoms with Crippen LogP contribution in [-0.4, -0.2) is 30.8 Å². The van der Waals surface area contributed by atoms with Gasteiger partial charge in [0.15, 0.2) is 0 Å². The van der Waals surface area contributed by atoms with E-state index in [0.717, 1.165) is 54.6 Å². The van der Waals surface area contributed by atoms with Crippen LogP contribution in [0.5, 0.6) is 11.5 Å². The second-order valence-electron chi connectivity index (χ2n) is 4.84. The fraction of sp³-hybridized carbons (Fsp3) is 0.625. The Morgan fingerprint density at radius 2 is 2.00 bits per heavy atom. The summed E-state index contributed by atoms with van der Waals surface area (Å²) in [5, 5.41) is 0. The summed E-state index contributed by atoms with van der Waals surface area (Å²) in [5.41, 5.74) is 7.05. The van der Waals surface area contributed by atoms with Gasteiger partial charge in [0.05, 0.1) is 13.2 Å².